The third-order valence-electron chi connectivity index (χ3n) is 3.84. The predicted molar refractivity (Wildman–Crippen MR) is 96.2 cm³/mol. The molecule has 0 aromatic heterocycles. The fraction of sp³-hybridized carbons (Fsp3) is 0.278. The largest absolute Gasteiger partial charge is 0.348 e. The number of nitrogens with one attached hydrogen (secondary N) is 1. The highest BCUT2D eigenvalue weighted by atomic mass is 32.2. The molecule has 0 aliphatic carbocycles. The number of nitrogens with zero attached hydrogens (tertiary/aromatic N) is 1. The molecule has 0 bridgehead atoms. The van der Waals surface area contributed by atoms with Crippen LogP contribution in [0.3, 0.4) is 0 Å². The van der Waals surface area contributed by atoms with E-state index in [0.29, 0.717) is 0 Å². The zero-order valence-corrected chi connectivity index (χ0v) is 15.1. The molecule has 0 saturated heterocycles. The average molecular weight is 364 g/mol. The van der Waals surface area contributed by atoms with Crippen molar-refractivity contribution in [3.8, 4) is 0 Å². The Morgan fingerprint density at radius 1 is 1.04 bits per heavy atom. The van der Waals surface area contributed by atoms with Crippen molar-refractivity contribution in [1.29, 1.82) is 0 Å². The van der Waals surface area contributed by atoms with E-state index in [-0.39, 0.29) is 11.7 Å². The number of anilines is 1. The maximum Gasteiger partial charge on any atom is 0.244 e. The molecule has 7 heteroatoms. The van der Waals surface area contributed by atoms with Gasteiger partial charge in [0, 0.05) is 0 Å². The van der Waals surface area contributed by atoms with Crippen LogP contribution in [-0.2, 0) is 14.8 Å². The van der Waals surface area contributed by atoms with Crippen molar-refractivity contribution in [2.24, 2.45) is 0 Å². The molecule has 0 aliphatic rings. The van der Waals surface area contributed by atoms with Crippen molar-refractivity contribution in [3.05, 3.63) is 66.0 Å². The highest BCUT2D eigenvalue weighted by molar-refractivity contribution is 7.92. The van der Waals surface area contributed by atoms with Crippen LogP contribution in [0.25, 0.3) is 0 Å². The first kappa shape index (κ1) is 18.9. The Balaban J connectivity index is 2.26. The van der Waals surface area contributed by atoms with E-state index in [0.717, 1.165) is 22.2 Å². The number of rotatable bonds is 6. The summed E-state index contributed by atoms with van der Waals surface area (Å²) in [5, 5.41) is 2.77. The molecule has 0 aliphatic heterocycles. The lowest BCUT2D eigenvalue weighted by Gasteiger charge is -2.29. The van der Waals surface area contributed by atoms with E-state index in [4.69, 9.17) is 0 Å². The SMILES string of the molecule is C[C@H](NC(=O)[C@H](C)N(c1ccccc1F)S(C)(=O)=O)c1ccccc1. The van der Waals surface area contributed by atoms with E-state index in [1.807, 2.05) is 30.3 Å². The Hall–Kier alpha value is -2.41. The molecule has 2 aromatic rings. The second-order valence-corrected chi connectivity index (χ2v) is 7.69. The van der Waals surface area contributed by atoms with Crippen LogP contribution in [-0.4, -0.2) is 26.6 Å². The van der Waals surface area contributed by atoms with Gasteiger partial charge in [0.1, 0.15) is 11.9 Å². The third-order valence-corrected chi connectivity index (χ3v) is 5.06. The van der Waals surface area contributed by atoms with Crippen LogP contribution >= 0.6 is 0 Å². The Morgan fingerprint density at radius 2 is 1.60 bits per heavy atom. The number of amides is 1. The minimum atomic E-state index is -3.85. The van der Waals surface area contributed by atoms with Gasteiger partial charge in [-0.1, -0.05) is 42.5 Å². The van der Waals surface area contributed by atoms with Gasteiger partial charge in [-0.15, -0.1) is 0 Å². The van der Waals surface area contributed by atoms with Crippen LogP contribution in [0.2, 0.25) is 0 Å². The van der Waals surface area contributed by atoms with Crippen molar-refractivity contribution in [2.45, 2.75) is 25.9 Å². The number of carbonyl (C=O) groups is 1. The fourth-order valence-corrected chi connectivity index (χ4v) is 3.75. The molecule has 0 heterocycles. The minimum Gasteiger partial charge on any atom is -0.348 e. The lowest BCUT2D eigenvalue weighted by atomic mass is 10.1. The van der Waals surface area contributed by atoms with Crippen LogP contribution in [0.4, 0.5) is 10.1 Å². The predicted octanol–water partition coefficient (Wildman–Crippen LogP) is 2.86. The first-order valence-electron chi connectivity index (χ1n) is 7.81. The third kappa shape index (κ3) is 4.57. The first-order valence-corrected chi connectivity index (χ1v) is 9.66. The zero-order valence-electron chi connectivity index (χ0n) is 14.3. The molecular weight excluding hydrogens is 343 g/mol. The van der Waals surface area contributed by atoms with E-state index >= 15 is 0 Å². The van der Waals surface area contributed by atoms with Gasteiger partial charge in [-0.05, 0) is 31.5 Å². The van der Waals surface area contributed by atoms with Gasteiger partial charge < -0.3 is 5.32 Å². The number of para-hydroxylation sites is 1. The number of hydrogen-bond acceptors (Lipinski definition) is 3. The molecule has 5 nitrogen and oxygen atoms in total. The van der Waals surface area contributed by atoms with Gasteiger partial charge in [0.15, 0.2) is 0 Å². The van der Waals surface area contributed by atoms with E-state index in [9.17, 15) is 17.6 Å². The molecule has 0 fully saturated rings. The average Bonchev–Trinajstić information content (AvgIpc) is 2.56. The van der Waals surface area contributed by atoms with Gasteiger partial charge in [-0.2, -0.15) is 0 Å². The normalized spacial score (nSPS) is 13.8. The molecule has 0 unspecified atom stereocenters. The Kier molecular flexibility index (Phi) is 5.79. The molecule has 2 aromatic carbocycles. The molecule has 2 atom stereocenters. The van der Waals surface area contributed by atoms with Gasteiger partial charge in [0.2, 0.25) is 15.9 Å². The zero-order chi connectivity index (χ0) is 18.6. The Morgan fingerprint density at radius 3 is 2.16 bits per heavy atom. The Bertz CT molecular complexity index is 840. The maximum atomic E-state index is 14.1. The highest BCUT2D eigenvalue weighted by Crippen LogP contribution is 2.24. The summed E-state index contributed by atoms with van der Waals surface area (Å²) in [4.78, 5) is 12.6. The van der Waals surface area contributed by atoms with Crippen molar-refractivity contribution < 1.29 is 17.6 Å². The molecule has 1 N–H and O–H groups in total. The molecular formula is C18H21FN2O3S. The summed E-state index contributed by atoms with van der Waals surface area (Å²) in [5.41, 5.74) is 0.736. The van der Waals surface area contributed by atoms with E-state index < -0.39 is 27.8 Å². The van der Waals surface area contributed by atoms with Gasteiger partial charge in [-0.25, -0.2) is 12.8 Å². The summed E-state index contributed by atoms with van der Waals surface area (Å²) in [6, 6.07) is 13.4. The van der Waals surface area contributed by atoms with Crippen LogP contribution in [0.15, 0.2) is 54.6 Å². The summed E-state index contributed by atoms with van der Waals surface area (Å²) in [6.45, 7) is 3.23. The second-order valence-electron chi connectivity index (χ2n) is 5.83. The molecule has 1 amide bonds. The standard InChI is InChI=1S/C18H21FN2O3S/c1-13(15-9-5-4-6-10-15)20-18(22)14(2)21(25(3,23)24)17-12-8-7-11-16(17)19/h4-14H,1-3H3,(H,20,22)/t13-,14-/m0/s1. The first-order chi connectivity index (χ1) is 11.7. The van der Waals surface area contributed by atoms with Crippen molar-refractivity contribution >= 4 is 21.6 Å². The monoisotopic (exact) mass is 364 g/mol. The molecule has 25 heavy (non-hydrogen) atoms. The number of carbonyl (C=O) groups excluding carboxylic acids is 1. The van der Waals surface area contributed by atoms with Gasteiger partial charge in [-0.3, -0.25) is 9.10 Å². The van der Waals surface area contributed by atoms with Crippen LogP contribution < -0.4 is 9.62 Å². The molecule has 0 spiro atoms. The summed E-state index contributed by atoms with van der Waals surface area (Å²) >= 11 is 0. The van der Waals surface area contributed by atoms with Crippen LogP contribution in [0.1, 0.15) is 25.5 Å². The smallest absolute Gasteiger partial charge is 0.244 e. The topological polar surface area (TPSA) is 66.5 Å². The van der Waals surface area contributed by atoms with Crippen LogP contribution in [0, 0.1) is 5.82 Å². The quantitative estimate of drug-likeness (QED) is 0.857. The summed E-state index contributed by atoms with van der Waals surface area (Å²) in [7, 11) is -3.85. The lowest BCUT2D eigenvalue weighted by molar-refractivity contribution is -0.122. The Labute approximate surface area is 147 Å². The number of halogens is 1. The van der Waals surface area contributed by atoms with E-state index in [1.54, 1.807) is 6.92 Å². The van der Waals surface area contributed by atoms with Gasteiger partial charge >= 0.3 is 0 Å². The second kappa shape index (κ2) is 7.65. The minimum absolute atomic E-state index is 0.153. The molecule has 2 rings (SSSR count). The van der Waals surface area contributed by atoms with Gasteiger partial charge in [0.05, 0.1) is 18.0 Å². The number of hydrogen-bond donors (Lipinski definition) is 1. The molecule has 0 radical (unpaired) electrons. The van der Waals surface area contributed by atoms with Crippen molar-refractivity contribution in [3.63, 3.8) is 0 Å². The number of benzene rings is 2. The molecule has 0 saturated carbocycles. The maximum absolute atomic E-state index is 14.1. The summed E-state index contributed by atoms with van der Waals surface area (Å²) in [5.74, 6) is -1.21. The van der Waals surface area contributed by atoms with E-state index in [2.05, 4.69) is 5.32 Å². The lowest BCUT2D eigenvalue weighted by Crippen LogP contribution is -2.48. The van der Waals surface area contributed by atoms with Crippen LogP contribution in [0.5, 0.6) is 0 Å². The van der Waals surface area contributed by atoms with E-state index in [1.165, 1.54) is 25.1 Å². The fourth-order valence-electron chi connectivity index (χ4n) is 2.57. The summed E-state index contributed by atoms with van der Waals surface area (Å²) in [6.07, 6.45) is 0.948. The van der Waals surface area contributed by atoms with Crippen molar-refractivity contribution in [1.82, 2.24) is 5.32 Å². The summed E-state index contributed by atoms with van der Waals surface area (Å²) < 4.78 is 39.2. The molecule has 134 valence electrons. The number of sulfonamides is 1. The highest BCUT2D eigenvalue weighted by Gasteiger charge is 2.31. The van der Waals surface area contributed by atoms with Crippen molar-refractivity contribution in [2.75, 3.05) is 10.6 Å². The van der Waals surface area contributed by atoms with Gasteiger partial charge in [0.25, 0.3) is 0 Å².